The lowest BCUT2D eigenvalue weighted by atomic mass is 10.1. The van der Waals surface area contributed by atoms with Crippen LogP contribution >= 0.6 is 34.2 Å². The molecule has 2 amide bonds. The number of carbonyl (C=O) groups excluding carboxylic acids is 2. The third-order valence-electron chi connectivity index (χ3n) is 2.97. The Kier molecular flexibility index (Phi) is 5.42. The highest BCUT2D eigenvalue weighted by atomic mass is 127. The molecule has 0 spiro atoms. The van der Waals surface area contributed by atoms with Crippen LogP contribution in [0.3, 0.4) is 0 Å². The lowest BCUT2D eigenvalue weighted by Crippen LogP contribution is -2.22. The average Bonchev–Trinajstić information content (AvgIpc) is 2.49. The zero-order valence-electron chi connectivity index (χ0n) is 12.1. The maximum Gasteiger partial charge on any atom is 0.255 e. The van der Waals surface area contributed by atoms with E-state index in [9.17, 15) is 9.59 Å². The number of halogens is 2. The van der Waals surface area contributed by atoms with Crippen molar-refractivity contribution in [3.8, 4) is 0 Å². The highest BCUT2D eigenvalue weighted by molar-refractivity contribution is 14.1. The summed E-state index contributed by atoms with van der Waals surface area (Å²) < 4.78 is 1.06. The second-order valence-electron chi connectivity index (χ2n) is 4.86. The maximum absolute atomic E-state index is 12.2. The molecule has 0 heterocycles. The Balaban J connectivity index is 2.23. The molecule has 0 saturated carbocycles. The van der Waals surface area contributed by atoms with Crippen LogP contribution in [0, 0.1) is 3.57 Å². The van der Waals surface area contributed by atoms with E-state index in [0.717, 1.165) is 3.57 Å². The van der Waals surface area contributed by atoms with Crippen LogP contribution in [-0.4, -0.2) is 30.8 Å². The van der Waals surface area contributed by atoms with Gasteiger partial charge in [-0.2, -0.15) is 0 Å². The van der Waals surface area contributed by atoms with Gasteiger partial charge < -0.3 is 10.2 Å². The molecule has 2 aromatic rings. The molecule has 1 N–H and O–H groups in total. The number of carbonyl (C=O) groups is 2. The van der Waals surface area contributed by atoms with Crippen molar-refractivity contribution in [2.75, 3.05) is 19.4 Å². The Bertz CT molecular complexity index is 715. The summed E-state index contributed by atoms with van der Waals surface area (Å²) in [5, 5.41) is 3.12. The van der Waals surface area contributed by atoms with Gasteiger partial charge in [0.15, 0.2) is 0 Å². The molecule has 4 nitrogen and oxygen atoms in total. The number of benzene rings is 2. The van der Waals surface area contributed by atoms with Crippen LogP contribution in [-0.2, 0) is 0 Å². The van der Waals surface area contributed by atoms with E-state index >= 15 is 0 Å². The van der Waals surface area contributed by atoms with Gasteiger partial charge in [-0.25, -0.2) is 0 Å². The highest BCUT2D eigenvalue weighted by Gasteiger charge is 2.14. The lowest BCUT2D eigenvalue weighted by Gasteiger charge is -2.13. The molecule has 0 aliphatic rings. The van der Waals surface area contributed by atoms with Gasteiger partial charge in [-0.15, -0.1) is 0 Å². The van der Waals surface area contributed by atoms with Crippen molar-refractivity contribution in [2.45, 2.75) is 0 Å². The van der Waals surface area contributed by atoms with E-state index < -0.39 is 0 Å². The Labute approximate surface area is 147 Å². The van der Waals surface area contributed by atoms with Crippen LogP contribution in [0.25, 0.3) is 0 Å². The van der Waals surface area contributed by atoms with Crippen molar-refractivity contribution in [2.24, 2.45) is 0 Å². The van der Waals surface area contributed by atoms with Crippen LogP contribution in [0.1, 0.15) is 20.7 Å². The largest absolute Gasteiger partial charge is 0.345 e. The molecule has 0 aliphatic heterocycles. The molecule has 2 aromatic carbocycles. The molecule has 0 saturated heterocycles. The number of nitrogens with zero attached hydrogens (tertiary/aromatic N) is 1. The summed E-state index contributed by atoms with van der Waals surface area (Å²) in [5.41, 5.74) is 1.43. The SMILES string of the molecule is CN(C)C(=O)c1cc(NC(=O)c2ccc(I)cc2)ccc1Cl. The quantitative estimate of drug-likeness (QED) is 0.754. The van der Waals surface area contributed by atoms with Crippen LogP contribution < -0.4 is 5.32 Å². The molecule has 0 fully saturated rings. The van der Waals surface area contributed by atoms with Gasteiger partial charge in [0, 0.05) is 28.9 Å². The normalized spacial score (nSPS) is 10.2. The van der Waals surface area contributed by atoms with Gasteiger partial charge in [0.2, 0.25) is 0 Å². The summed E-state index contributed by atoms with van der Waals surface area (Å²) in [7, 11) is 3.30. The summed E-state index contributed by atoms with van der Waals surface area (Å²) in [6.45, 7) is 0. The van der Waals surface area contributed by atoms with Crippen LogP contribution in [0.5, 0.6) is 0 Å². The van der Waals surface area contributed by atoms with E-state index in [1.807, 2.05) is 12.1 Å². The minimum absolute atomic E-state index is 0.213. The lowest BCUT2D eigenvalue weighted by molar-refractivity contribution is 0.0827. The first-order valence-corrected chi connectivity index (χ1v) is 7.92. The molecular formula is C16H14ClIN2O2. The Morgan fingerprint density at radius 3 is 2.32 bits per heavy atom. The van der Waals surface area contributed by atoms with Crippen molar-refractivity contribution in [3.63, 3.8) is 0 Å². The Morgan fingerprint density at radius 2 is 1.73 bits per heavy atom. The zero-order valence-corrected chi connectivity index (χ0v) is 15.0. The standard InChI is InChI=1S/C16H14ClIN2O2/c1-20(2)16(22)13-9-12(7-8-14(13)17)19-15(21)10-3-5-11(18)6-4-10/h3-9H,1-2H3,(H,19,21). The topological polar surface area (TPSA) is 49.4 Å². The van der Waals surface area contributed by atoms with E-state index in [0.29, 0.717) is 21.8 Å². The van der Waals surface area contributed by atoms with Crippen LogP contribution in [0.2, 0.25) is 5.02 Å². The minimum Gasteiger partial charge on any atom is -0.345 e. The number of hydrogen-bond acceptors (Lipinski definition) is 2. The average molecular weight is 429 g/mol. The molecule has 0 atom stereocenters. The first-order valence-electron chi connectivity index (χ1n) is 6.46. The smallest absolute Gasteiger partial charge is 0.255 e. The minimum atomic E-state index is -0.234. The molecule has 22 heavy (non-hydrogen) atoms. The number of nitrogens with one attached hydrogen (secondary N) is 1. The first kappa shape index (κ1) is 16.8. The second kappa shape index (κ2) is 7.11. The van der Waals surface area contributed by atoms with E-state index in [1.165, 1.54) is 4.90 Å². The van der Waals surface area contributed by atoms with Gasteiger partial charge in [0.1, 0.15) is 0 Å². The van der Waals surface area contributed by atoms with Gasteiger partial charge in [-0.3, -0.25) is 9.59 Å². The molecule has 0 bridgehead atoms. The summed E-state index contributed by atoms with van der Waals surface area (Å²) in [6, 6.07) is 12.1. The maximum atomic E-state index is 12.2. The summed E-state index contributed by atoms with van der Waals surface area (Å²) in [5.74, 6) is -0.447. The fraction of sp³-hybridized carbons (Fsp3) is 0.125. The van der Waals surface area contributed by atoms with Crippen molar-refractivity contribution in [1.29, 1.82) is 0 Å². The van der Waals surface area contributed by atoms with Crippen molar-refractivity contribution >= 4 is 51.7 Å². The van der Waals surface area contributed by atoms with E-state index in [-0.39, 0.29) is 11.8 Å². The highest BCUT2D eigenvalue weighted by Crippen LogP contribution is 2.22. The van der Waals surface area contributed by atoms with Crippen molar-refractivity contribution in [1.82, 2.24) is 4.90 Å². The van der Waals surface area contributed by atoms with Crippen LogP contribution in [0.15, 0.2) is 42.5 Å². The Morgan fingerprint density at radius 1 is 1.09 bits per heavy atom. The van der Waals surface area contributed by atoms with E-state index in [4.69, 9.17) is 11.6 Å². The van der Waals surface area contributed by atoms with Gasteiger partial charge in [0.25, 0.3) is 11.8 Å². The number of amides is 2. The fourth-order valence-corrected chi connectivity index (χ4v) is 2.37. The molecular weight excluding hydrogens is 415 g/mol. The number of rotatable bonds is 3. The molecule has 0 unspecified atom stereocenters. The molecule has 2 rings (SSSR count). The summed E-state index contributed by atoms with van der Waals surface area (Å²) in [4.78, 5) is 25.7. The van der Waals surface area contributed by atoms with Crippen molar-refractivity contribution in [3.05, 3.63) is 62.2 Å². The van der Waals surface area contributed by atoms with Gasteiger partial charge in [-0.1, -0.05) is 11.6 Å². The number of anilines is 1. The third-order valence-corrected chi connectivity index (χ3v) is 4.02. The third kappa shape index (κ3) is 3.98. The van der Waals surface area contributed by atoms with Crippen LogP contribution in [0.4, 0.5) is 5.69 Å². The predicted molar refractivity (Wildman–Crippen MR) is 96.6 cm³/mol. The molecule has 0 aromatic heterocycles. The second-order valence-corrected chi connectivity index (χ2v) is 6.51. The van der Waals surface area contributed by atoms with Gasteiger partial charge >= 0.3 is 0 Å². The zero-order chi connectivity index (χ0) is 16.3. The molecule has 6 heteroatoms. The molecule has 114 valence electrons. The Hall–Kier alpha value is -1.60. The van der Waals surface area contributed by atoms with Gasteiger partial charge in [-0.05, 0) is 65.1 Å². The first-order chi connectivity index (χ1) is 10.4. The van der Waals surface area contributed by atoms with E-state index in [1.54, 1.807) is 44.4 Å². The molecule has 0 aliphatic carbocycles. The van der Waals surface area contributed by atoms with Crippen molar-refractivity contribution < 1.29 is 9.59 Å². The summed E-state index contributed by atoms with van der Waals surface area (Å²) in [6.07, 6.45) is 0. The monoisotopic (exact) mass is 428 g/mol. The predicted octanol–water partition coefficient (Wildman–Crippen LogP) is 3.90. The number of hydrogen-bond donors (Lipinski definition) is 1. The fourth-order valence-electron chi connectivity index (χ4n) is 1.81. The van der Waals surface area contributed by atoms with Gasteiger partial charge in [0.05, 0.1) is 10.6 Å². The van der Waals surface area contributed by atoms with E-state index in [2.05, 4.69) is 27.9 Å². The molecule has 0 radical (unpaired) electrons. The summed E-state index contributed by atoms with van der Waals surface area (Å²) >= 11 is 8.22.